The molecule has 1 rings (SSSR count). The van der Waals surface area contributed by atoms with Gasteiger partial charge in [0.15, 0.2) is 0 Å². The summed E-state index contributed by atoms with van der Waals surface area (Å²) >= 11 is 2.67. The Bertz CT molecular complexity index is 307. The lowest BCUT2D eigenvalue weighted by Gasteiger charge is -2.08. The number of hydrogen-bond acceptors (Lipinski definition) is 0. The van der Waals surface area contributed by atoms with E-state index in [-0.39, 0.29) is 4.47 Å². The third-order valence-corrected chi connectivity index (χ3v) is 1.75. The molecule has 72 valence electrons. The zero-order valence-electron chi connectivity index (χ0n) is 5.92. The van der Waals surface area contributed by atoms with Crippen molar-refractivity contribution < 1.29 is 22.0 Å². The number of rotatable bonds is 0. The minimum Gasteiger partial charge on any atom is -0.206 e. The van der Waals surface area contributed by atoms with E-state index in [1.165, 1.54) is 0 Å². The molecular formula is C7H2BrF5. The van der Waals surface area contributed by atoms with Gasteiger partial charge in [-0.25, -0.2) is 8.78 Å². The summed E-state index contributed by atoms with van der Waals surface area (Å²) in [5.74, 6) is -3.25. The van der Waals surface area contributed by atoms with Crippen LogP contribution < -0.4 is 0 Å². The Hall–Kier alpha value is -0.650. The van der Waals surface area contributed by atoms with Crippen LogP contribution >= 0.6 is 15.9 Å². The van der Waals surface area contributed by atoms with E-state index in [4.69, 9.17) is 0 Å². The molecule has 0 nitrogen and oxygen atoms in total. The highest BCUT2D eigenvalue weighted by molar-refractivity contribution is 9.10. The second-order valence-corrected chi connectivity index (χ2v) is 3.16. The summed E-state index contributed by atoms with van der Waals surface area (Å²) in [6.07, 6.45) is -5.01. The van der Waals surface area contributed by atoms with Crippen molar-refractivity contribution in [1.29, 1.82) is 0 Å². The molecule has 0 bridgehead atoms. The molecule has 0 unspecified atom stereocenters. The second-order valence-electron chi connectivity index (χ2n) is 2.24. The van der Waals surface area contributed by atoms with Gasteiger partial charge in [0, 0.05) is 4.47 Å². The summed E-state index contributed by atoms with van der Waals surface area (Å²) in [5.41, 5.74) is -1.87. The molecule has 0 aromatic heterocycles. The molecule has 0 atom stereocenters. The van der Waals surface area contributed by atoms with Crippen LogP contribution in [0.2, 0.25) is 0 Å². The third-order valence-electron chi connectivity index (χ3n) is 1.29. The Balaban J connectivity index is 3.38. The van der Waals surface area contributed by atoms with Crippen LogP contribution in [0.5, 0.6) is 0 Å². The molecule has 0 radical (unpaired) electrons. The summed E-state index contributed by atoms with van der Waals surface area (Å²) in [4.78, 5) is 0. The van der Waals surface area contributed by atoms with E-state index in [0.29, 0.717) is 12.1 Å². The molecule has 0 N–H and O–H groups in total. The van der Waals surface area contributed by atoms with Crippen molar-refractivity contribution in [2.24, 2.45) is 0 Å². The lowest BCUT2D eigenvalue weighted by atomic mass is 10.2. The van der Waals surface area contributed by atoms with Gasteiger partial charge in [-0.15, -0.1) is 0 Å². The SMILES string of the molecule is Fc1cc(Br)cc(F)c1C(F)(F)F. The minimum atomic E-state index is -5.01. The predicted octanol–water partition coefficient (Wildman–Crippen LogP) is 3.75. The Morgan fingerprint density at radius 1 is 1.00 bits per heavy atom. The number of benzene rings is 1. The highest BCUT2D eigenvalue weighted by Crippen LogP contribution is 2.34. The zero-order chi connectivity index (χ0) is 10.2. The monoisotopic (exact) mass is 260 g/mol. The predicted molar refractivity (Wildman–Crippen MR) is 39.1 cm³/mol. The summed E-state index contributed by atoms with van der Waals surface area (Å²) < 4.78 is 61.0. The van der Waals surface area contributed by atoms with Crippen molar-refractivity contribution in [2.45, 2.75) is 6.18 Å². The quantitative estimate of drug-likeness (QED) is 0.624. The van der Waals surface area contributed by atoms with Gasteiger partial charge in [0.05, 0.1) is 0 Å². The zero-order valence-corrected chi connectivity index (χ0v) is 7.51. The van der Waals surface area contributed by atoms with Crippen molar-refractivity contribution in [2.75, 3.05) is 0 Å². The average molecular weight is 261 g/mol. The van der Waals surface area contributed by atoms with Gasteiger partial charge in [-0.3, -0.25) is 0 Å². The van der Waals surface area contributed by atoms with Gasteiger partial charge in [-0.2, -0.15) is 13.2 Å². The lowest BCUT2D eigenvalue weighted by molar-refractivity contribution is -0.142. The van der Waals surface area contributed by atoms with Crippen LogP contribution in [0.1, 0.15) is 5.56 Å². The lowest BCUT2D eigenvalue weighted by Crippen LogP contribution is -2.11. The van der Waals surface area contributed by atoms with E-state index < -0.39 is 23.4 Å². The smallest absolute Gasteiger partial charge is 0.206 e. The third kappa shape index (κ3) is 2.18. The van der Waals surface area contributed by atoms with Gasteiger partial charge in [-0.1, -0.05) is 15.9 Å². The summed E-state index contributed by atoms with van der Waals surface area (Å²) in [6.45, 7) is 0. The molecule has 6 heteroatoms. The second kappa shape index (κ2) is 3.25. The summed E-state index contributed by atoms with van der Waals surface area (Å²) in [6, 6.07) is 1.12. The fourth-order valence-corrected chi connectivity index (χ4v) is 1.21. The van der Waals surface area contributed by atoms with Crippen LogP contribution in [-0.4, -0.2) is 0 Å². The molecule has 0 fully saturated rings. The van der Waals surface area contributed by atoms with Crippen molar-refractivity contribution in [3.63, 3.8) is 0 Å². The molecule has 0 aliphatic heterocycles. The van der Waals surface area contributed by atoms with Crippen LogP contribution in [0, 0.1) is 11.6 Å². The first-order chi connectivity index (χ1) is 5.82. The van der Waals surface area contributed by atoms with Crippen LogP contribution in [0.15, 0.2) is 16.6 Å². The number of alkyl halides is 3. The highest BCUT2D eigenvalue weighted by atomic mass is 79.9. The fourth-order valence-electron chi connectivity index (χ4n) is 0.813. The van der Waals surface area contributed by atoms with Gasteiger partial charge >= 0.3 is 6.18 Å². The Kier molecular flexibility index (Phi) is 2.61. The molecule has 1 aromatic rings. The van der Waals surface area contributed by atoms with Gasteiger partial charge in [0.25, 0.3) is 0 Å². The van der Waals surface area contributed by atoms with E-state index in [1.54, 1.807) is 0 Å². The van der Waals surface area contributed by atoms with Gasteiger partial charge in [-0.05, 0) is 12.1 Å². The molecule has 0 aliphatic rings. The van der Waals surface area contributed by atoms with Gasteiger partial charge < -0.3 is 0 Å². The maximum atomic E-state index is 12.6. The van der Waals surface area contributed by atoms with Crippen LogP contribution in [0.3, 0.4) is 0 Å². The highest BCUT2D eigenvalue weighted by Gasteiger charge is 2.37. The largest absolute Gasteiger partial charge is 0.422 e. The van der Waals surface area contributed by atoms with Crippen molar-refractivity contribution >= 4 is 15.9 Å². The maximum absolute atomic E-state index is 12.6. The van der Waals surface area contributed by atoms with Crippen molar-refractivity contribution in [1.82, 2.24) is 0 Å². The molecule has 0 saturated carbocycles. The summed E-state index contributed by atoms with van der Waals surface area (Å²) in [7, 11) is 0. The normalized spacial score (nSPS) is 11.8. The van der Waals surface area contributed by atoms with E-state index >= 15 is 0 Å². The fraction of sp³-hybridized carbons (Fsp3) is 0.143. The summed E-state index contributed by atoms with van der Waals surface area (Å²) in [5, 5.41) is 0. The van der Waals surface area contributed by atoms with E-state index in [0.717, 1.165) is 0 Å². The van der Waals surface area contributed by atoms with Crippen LogP contribution in [0.4, 0.5) is 22.0 Å². The molecule has 13 heavy (non-hydrogen) atoms. The Morgan fingerprint density at radius 2 is 1.38 bits per heavy atom. The molecular weight excluding hydrogens is 259 g/mol. The van der Waals surface area contributed by atoms with E-state index in [1.807, 2.05) is 0 Å². The average Bonchev–Trinajstić information content (AvgIpc) is 1.78. The Labute approximate surface area is 78.5 Å². The first kappa shape index (κ1) is 10.4. The maximum Gasteiger partial charge on any atom is 0.422 e. The van der Waals surface area contributed by atoms with Crippen LogP contribution in [0.25, 0.3) is 0 Å². The standard InChI is InChI=1S/C7H2BrF5/c8-3-1-4(9)6(5(10)2-3)7(11,12)13/h1-2H. The van der Waals surface area contributed by atoms with E-state index in [9.17, 15) is 22.0 Å². The van der Waals surface area contributed by atoms with Crippen LogP contribution in [-0.2, 0) is 6.18 Å². The molecule has 1 aromatic carbocycles. The van der Waals surface area contributed by atoms with Gasteiger partial charge in [0.1, 0.15) is 17.2 Å². The Morgan fingerprint density at radius 3 is 1.69 bits per heavy atom. The first-order valence-corrected chi connectivity index (χ1v) is 3.83. The minimum absolute atomic E-state index is 0.0736. The van der Waals surface area contributed by atoms with E-state index in [2.05, 4.69) is 15.9 Å². The number of halogens is 6. The molecule has 0 heterocycles. The first-order valence-electron chi connectivity index (χ1n) is 3.04. The molecule has 0 aliphatic carbocycles. The number of hydrogen-bond donors (Lipinski definition) is 0. The van der Waals surface area contributed by atoms with Crippen molar-refractivity contribution in [3.8, 4) is 0 Å². The topological polar surface area (TPSA) is 0 Å². The molecule has 0 spiro atoms. The van der Waals surface area contributed by atoms with Crippen molar-refractivity contribution in [3.05, 3.63) is 33.8 Å². The van der Waals surface area contributed by atoms with Gasteiger partial charge in [0.2, 0.25) is 0 Å². The molecule has 0 saturated heterocycles. The molecule has 0 amide bonds.